The Hall–Kier alpha value is -3.93. The average Bonchev–Trinajstić information content (AvgIpc) is 3.27. The summed E-state index contributed by atoms with van der Waals surface area (Å²) in [6.07, 6.45) is 2.18. The van der Waals surface area contributed by atoms with E-state index in [1.54, 1.807) is 18.3 Å². The minimum absolute atomic E-state index is 0.113. The molecule has 1 aromatic heterocycles. The van der Waals surface area contributed by atoms with Gasteiger partial charge in [-0.3, -0.25) is 4.79 Å². The standard InChI is InChI=1S/C25H19FN2O3/c26-17-11-9-16(10-12-17)22-15-27-24(31-22)14-13-23(29)28-25-18-5-1-3-7-20(18)30-21-8-4-2-6-19(21)25/h1-12,15,25H,13-14H2,(H,28,29). The number of aryl methyl sites for hydroxylation is 1. The first-order valence-corrected chi connectivity index (χ1v) is 10.0. The van der Waals surface area contributed by atoms with Crippen molar-refractivity contribution in [2.24, 2.45) is 0 Å². The quantitative estimate of drug-likeness (QED) is 0.473. The summed E-state index contributed by atoms with van der Waals surface area (Å²) in [5.41, 5.74) is 2.58. The van der Waals surface area contributed by atoms with Crippen molar-refractivity contribution < 1.29 is 18.3 Å². The minimum Gasteiger partial charge on any atom is -0.457 e. The Morgan fingerprint density at radius 3 is 2.26 bits per heavy atom. The molecule has 0 radical (unpaired) electrons. The number of hydrogen-bond donors (Lipinski definition) is 1. The van der Waals surface area contributed by atoms with Crippen LogP contribution < -0.4 is 10.1 Å². The molecule has 1 aliphatic heterocycles. The number of benzene rings is 3. The maximum absolute atomic E-state index is 13.1. The van der Waals surface area contributed by atoms with Crippen LogP contribution >= 0.6 is 0 Å². The molecule has 0 aliphatic carbocycles. The van der Waals surface area contributed by atoms with Crippen molar-refractivity contribution in [3.8, 4) is 22.8 Å². The van der Waals surface area contributed by atoms with E-state index in [1.807, 2.05) is 48.5 Å². The molecule has 154 valence electrons. The van der Waals surface area contributed by atoms with E-state index >= 15 is 0 Å². The van der Waals surface area contributed by atoms with Gasteiger partial charge in [0.25, 0.3) is 0 Å². The molecule has 5 nitrogen and oxygen atoms in total. The monoisotopic (exact) mass is 414 g/mol. The lowest BCUT2D eigenvalue weighted by Crippen LogP contribution is -2.31. The van der Waals surface area contributed by atoms with E-state index in [0.29, 0.717) is 18.1 Å². The molecule has 0 unspecified atom stereocenters. The molecule has 4 aromatic rings. The van der Waals surface area contributed by atoms with Gasteiger partial charge in [0.2, 0.25) is 5.91 Å². The number of halogens is 1. The highest BCUT2D eigenvalue weighted by Gasteiger charge is 2.28. The van der Waals surface area contributed by atoms with Gasteiger partial charge in [0, 0.05) is 29.5 Å². The van der Waals surface area contributed by atoms with Crippen LogP contribution in [-0.2, 0) is 11.2 Å². The fourth-order valence-electron chi connectivity index (χ4n) is 3.69. The lowest BCUT2D eigenvalue weighted by atomic mass is 9.94. The van der Waals surface area contributed by atoms with E-state index in [2.05, 4.69) is 10.3 Å². The highest BCUT2D eigenvalue weighted by molar-refractivity contribution is 5.78. The number of para-hydroxylation sites is 2. The van der Waals surface area contributed by atoms with E-state index in [0.717, 1.165) is 28.2 Å². The zero-order valence-electron chi connectivity index (χ0n) is 16.5. The molecule has 0 saturated heterocycles. The minimum atomic E-state index is -0.309. The van der Waals surface area contributed by atoms with E-state index in [4.69, 9.17) is 9.15 Å². The lowest BCUT2D eigenvalue weighted by molar-refractivity contribution is -0.121. The predicted octanol–water partition coefficient (Wildman–Crippen LogP) is 5.42. The zero-order chi connectivity index (χ0) is 21.2. The van der Waals surface area contributed by atoms with Gasteiger partial charge in [0.05, 0.1) is 12.2 Å². The summed E-state index contributed by atoms with van der Waals surface area (Å²) in [6, 6.07) is 21.1. The molecule has 3 aromatic carbocycles. The highest BCUT2D eigenvalue weighted by atomic mass is 19.1. The third-order valence-electron chi connectivity index (χ3n) is 5.23. The van der Waals surface area contributed by atoms with Crippen molar-refractivity contribution in [2.45, 2.75) is 18.9 Å². The molecule has 5 rings (SSSR count). The number of nitrogens with zero attached hydrogens (tertiary/aromatic N) is 1. The number of nitrogens with one attached hydrogen (secondary N) is 1. The molecule has 0 spiro atoms. The van der Waals surface area contributed by atoms with Gasteiger partial charge in [-0.05, 0) is 36.4 Å². The van der Waals surface area contributed by atoms with Crippen molar-refractivity contribution in [1.29, 1.82) is 0 Å². The third kappa shape index (κ3) is 3.92. The van der Waals surface area contributed by atoms with E-state index < -0.39 is 0 Å². The number of oxazole rings is 1. The van der Waals surface area contributed by atoms with Crippen LogP contribution in [0, 0.1) is 5.82 Å². The molecule has 31 heavy (non-hydrogen) atoms. The van der Waals surface area contributed by atoms with E-state index in [1.165, 1.54) is 12.1 Å². The van der Waals surface area contributed by atoms with Gasteiger partial charge < -0.3 is 14.5 Å². The summed E-state index contributed by atoms with van der Waals surface area (Å²) in [5.74, 6) is 2.06. The SMILES string of the molecule is O=C(CCc1ncc(-c2ccc(F)cc2)o1)NC1c2ccccc2Oc2ccccc21. The molecule has 0 fully saturated rings. The molecular weight excluding hydrogens is 395 g/mol. The van der Waals surface area contributed by atoms with Crippen molar-refractivity contribution in [2.75, 3.05) is 0 Å². The zero-order valence-corrected chi connectivity index (χ0v) is 16.5. The number of rotatable bonds is 5. The van der Waals surface area contributed by atoms with Crippen LogP contribution in [0.1, 0.15) is 29.5 Å². The summed E-state index contributed by atoms with van der Waals surface area (Å²) in [7, 11) is 0. The fraction of sp³-hybridized carbons (Fsp3) is 0.120. The first kappa shape index (κ1) is 19.1. The van der Waals surface area contributed by atoms with Crippen LogP contribution in [0.4, 0.5) is 4.39 Å². The van der Waals surface area contributed by atoms with E-state index in [-0.39, 0.29) is 24.2 Å². The molecule has 1 N–H and O–H groups in total. The topological polar surface area (TPSA) is 64.4 Å². The second-order valence-electron chi connectivity index (χ2n) is 7.30. The molecule has 0 atom stereocenters. The second-order valence-corrected chi connectivity index (χ2v) is 7.30. The molecule has 1 amide bonds. The number of ether oxygens (including phenoxy) is 1. The third-order valence-corrected chi connectivity index (χ3v) is 5.23. The maximum atomic E-state index is 13.1. The number of hydrogen-bond acceptors (Lipinski definition) is 4. The molecule has 0 saturated carbocycles. The summed E-state index contributed by atoms with van der Waals surface area (Å²) >= 11 is 0. The number of aromatic nitrogens is 1. The molecule has 6 heteroatoms. The lowest BCUT2D eigenvalue weighted by Gasteiger charge is -2.28. The Kier molecular flexibility index (Phi) is 4.96. The van der Waals surface area contributed by atoms with Crippen molar-refractivity contribution in [3.63, 3.8) is 0 Å². The Balaban J connectivity index is 1.28. The van der Waals surface area contributed by atoms with Gasteiger partial charge >= 0.3 is 0 Å². The normalized spacial score (nSPS) is 12.5. The van der Waals surface area contributed by atoms with Gasteiger partial charge in [0.15, 0.2) is 11.7 Å². The van der Waals surface area contributed by atoms with Crippen molar-refractivity contribution in [1.82, 2.24) is 10.3 Å². The predicted molar refractivity (Wildman–Crippen MR) is 113 cm³/mol. The van der Waals surface area contributed by atoms with Crippen LogP contribution in [0.3, 0.4) is 0 Å². The fourth-order valence-corrected chi connectivity index (χ4v) is 3.69. The second kappa shape index (κ2) is 8.07. The van der Waals surface area contributed by atoms with Crippen LogP contribution in [0.5, 0.6) is 11.5 Å². The van der Waals surface area contributed by atoms with Crippen molar-refractivity contribution in [3.05, 3.63) is 102 Å². The van der Waals surface area contributed by atoms with Crippen LogP contribution in [0.25, 0.3) is 11.3 Å². The van der Waals surface area contributed by atoms with Gasteiger partial charge in [0.1, 0.15) is 17.3 Å². The maximum Gasteiger partial charge on any atom is 0.221 e. The largest absolute Gasteiger partial charge is 0.457 e. The molecule has 2 heterocycles. The summed E-state index contributed by atoms with van der Waals surface area (Å²) in [5, 5.41) is 3.12. The Morgan fingerprint density at radius 1 is 0.935 bits per heavy atom. The first-order chi connectivity index (χ1) is 15.2. The first-order valence-electron chi connectivity index (χ1n) is 10.0. The van der Waals surface area contributed by atoms with Gasteiger partial charge in [-0.25, -0.2) is 9.37 Å². The van der Waals surface area contributed by atoms with Gasteiger partial charge in [-0.15, -0.1) is 0 Å². The summed E-state index contributed by atoms with van der Waals surface area (Å²) < 4.78 is 24.8. The molecule has 0 bridgehead atoms. The number of carbonyl (C=O) groups excluding carboxylic acids is 1. The Bertz CT molecular complexity index is 1190. The molecule has 1 aliphatic rings. The highest BCUT2D eigenvalue weighted by Crippen LogP contribution is 2.42. The van der Waals surface area contributed by atoms with Crippen molar-refractivity contribution >= 4 is 5.91 Å². The van der Waals surface area contributed by atoms with Crippen LogP contribution in [-0.4, -0.2) is 10.9 Å². The number of fused-ring (bicyclic) bond motifs is 2. The van der Waals surface area contributed by atoms with Crippen LogP contribution in [0.15, 0.2) is 83.4 Å². The smallest absolute Gasteiger partial charge is 0.221 e. The summed E-state index contributed by atoms with van der Waals surface area (Å²) in [6.45, 7) is 0. The summed E-state index contributed by atoms with van der Waals surface area (Å²) in [4.78, 5) is 17.0. The molecular formula is C25H19FN2O3. The number of amides is 1. The van der Waals surface area contributed by atoms with Gasteiger partial charge in [-0.1, -0.05) is 36.4 Å². The van der Waals surface area contributed by atoms with E-state index in [9.17, 15) is 9.18 Å². The van der Waals surface area contributed by atoms with Gasteiger partial charge in [-0.2, -0.15) is 0 Å². The number of carbonyl (C=O) groups is 1. The van der Waals surface area contributed by atoms with Crippen LogP contribution in [0.2, 0.25) is 0 Å². The Morgan fingerprint density at radius 2 is 1.58 bits per heavy atom. The average molecular weight is 414 g/mol. The Labute approximate surface area is 178 Å².